The smallest absolute Gasteiger partial charge is 0.0596 e. The molecule has 1 aliphatic rings. The lowest BCUT2D eigenvalue weighted by atomic mass is 9.99. The molecule has 0 radical (unpaired) electrons. The van der Waals surface area contributed by atoms with Crippen molar-refractivity contribution in [2.24, 2.45) is 0 Å². The Morgan fingerprint density at radius 1 is 1.38 bits per heavy atom. The molecule has 0 aliphatic carbocycles. The minimum Gasteiger partial charge on any atom is -0.317 e. The highest BCUT2D eigenvalue weighted by Crippen LogP contribution is 2.15. The number of nitrogens with one attached hydrogen (secondary N) is 1. The van der Waals surface area contributed by atoms with Gasteiger partial charge in [-0.25, -0.2) is 0 Å². The molecule has 0 bridgehead atoms. The minimum atomic E-state index is 0.505. The van der Waals surface area contributed by atoms with Crippen molar-refractivity contribution in [3.63, 3.8) is 0 Å². The molecule has 1 fully saturated rings. The van der Waals surface area contributed by atoms with Crippen molar-refractivity contribution in [2.75, 3.05) is 40.8 Å². The Kier molecular flexibility index (Phi) is 5.79. The molecule has 1 aromatic rings. The van der Waals surface area contributed by atoms with Crippen molar-refractivity contribution in [3.05, 3.63) is 17.5 Å². The first-order valence-corrected chi connectivity index (χ1v) is 8.12. The second-order valence-electron chi connectivity index (χ2n) is 6.41. The molecular formula is C16H31N5. The van der Waals surface area contributed by atoms with E-state index in [9.17, 15) is 0 Å². The maximum Gasteiger partial charge on any atom is 0.0596 e. The van der Waals surface area contributed by atoms with Gasteiger partial charge in [0.1, 0.15) is 0 Å². The van der Waals surface area contributed by atoms with Crippen LogP contribution in [-0.4, -0.2) is 72.4 Å². The van der Waals surface area contributed by atoms with Crippen LogP contribution in [0, 0.1) is 6.92 Å². The third-order valence-electron chi connectivity index (χ3n) is 4.69. The topological polar surface area (TPSA) is 36.3 Å². The molecule has 0 aromatic carbocycles. The summed E-state index contributed by atoms with van der Waals surface area (Å²) in [6, 6.07) is 3.37. The summed E-state index contributed by atoms with van der Waals surface area (Å²) in [5.74, 6) is 0. The molecule has 2 unspecified atom stereocenters. The van der Waals surface area contributed by atoms with Gasteiger partial charge in [-0.3, -0.25) is 4.68 Å². The Balaban J connectivity index is 1.99. The van der Waals surface area contributed by atoms with E-state index in [-0.39, 0.29) is 0 Å². The number of hydrogen-bond acceptors (Lipinski definition) is 4. The summed E-state index contributed by atoms with van der Waals surface area (Å²) in [4.78, 5) is 4.95. The van der Waals surface area contributed by atoms with Gasteiger partial charge in [-0.15, -0.1) is 0 Å². The average molecular weight is 293 g/mol. The molecule has 21 heavy (non-hydrogen) atoms. The van der Waals surface area contributed by atoms with Crippen molar-refractivity contribution in [1.82, 2.24) is 24.9 Å². The Hall–Kier alpha value is -0.910. The molecule has 1 saturated heterocycles. The fourth-order valence-electron chi connectivity index (χ4n) is 3.28. The number of hydrogen-bond donors (Lipinski definition) is 1. The second-order valence-corrected chi connectivity index (χ2v) is 6.41. The van der Waals surface area contributed by atoms with Gasteiger partial charge in [0.2, 0.25) is 0 Å². The van der Waals surface area contributed by atoms with Crippen LogP contribution in [0.2, 0.25) is 0 Å². The predicted octanol–water partition coefficient (Wildman–Crippen LogP) is 0.978. The first-order valence-electron chi connectivity index (χ1n) is 8.12. The summed E-state index contributed by atoms with van der Waals surface area (Å²) in [5.41, 5.74) is 2.47. The zero-order chi connectivity index (χ0) is 15.4. The van der Waals surface area contributed by atoms with Crippen LogP contribution < -0.4 is 5.32 Å². The molecule has 5 heteroatoms. The molecule has 5 nitrogen and oxygen atoms in total. The van der Waals surface area contributed by atoms with Gasteiger partial charge in [0.05, 0.1) is 5.69 Å². The van der Waals surface area contributed by atoms with Crippen LogP contribution in [0.3, 0.4) is 0 Å². The van der Waals surface area contributed by atoms with Gasteiger partial charge >= 0.3 is 0 Å². The Morgan fingerprint density at radius 3 is 2.81 bits per heavy atom. The summed E-state index contributed by atoms with van der Waals surface area (Å²) in [6.07, 6.45) is 2.24. The number of likely N-dealkylation sites (N-methyl/N-ethyl adjacent to an activating group) is 3. The third kappa shape index (κ3) is 4.28. The molecule has 120 valence electrons. The van der Waals surface area contributed by atoms with Crippen molar-refractivity contribution >= 4 is 0 Å². The standard InChI is InChI=1S/C16H31N5/c1-6-21-15(9-13(2)18-21)10-14(17-3)11-16-12-19(4)7-8-20(16)5/h9,14,16-17H,6-8,10-12H2,1-5H3. The molecule has 2 rings (SSSR count). The maximum absolute atomic E-state index is 4.56. The van der Waals surface area contributed by atoms with Crippen molar-refractivity contribution in [1.29, 1.82) is 0 Å². The Bertz CT molecular complexity index is 442. The van der Waals surface area contributed by atoms with Gasteiger partial charge in [0, 0.05) is 50.4 Å². The number of rotatable bonds is 6. The van der Waals surface area contributed by atoms with E-state index in [1.807, 2.05) is 0 Å². The van der Waals surface area contributed by atoms with Gasteiger partial charge in [-0.1, -0.05) is 0 Å². The van der Waals surface area contributed by atoms with Crippen LogP contribution >= 0.6 is 0 Å². The van der Waals surface area contributed by atoms with Crippen molar-refractivity contribution in [2.45, 2.75) is 45.3 Å². The molecule has 1 aliphatic heterocycles. The number of aromatic nitrogens is 2. The maximum atomic E-state index is 4.56. The lowest BCUT2D eigenvalue weighted by molar-refractivity contribution is 0.101. The van der Waals surface area contributed by atoms with E-state index in [1.54, 1.807) is 0 Å². The first-order chi connectivity index (χ1) is 10.0. The average Bonchev–Trinajstić information content (AvgIpc) is 2.81. The van der Waals surface area contributed by atoms with Crippen LogP contribution in [0.4, 0.5) is 0 Å². The summed E-state index contributed by atoms with van der Waals surface area (Å²) >= 11 is 0. The van der Waals surface area contributed by atoms with E-state index in [0.29, 0.717) is 12.1 Å². The van der Waals surface area contributed by atoms with Gasteiger partial charge in [-0.05, 0) is 47.5 Å². The van der Waals surface area contributed by atoms with Crippen molar-refractivity contribution < 1.29 is 0 Å². The van der Waals surface area contributed by atoms with Gasteiger partial charge in [-0.2, -0.15) is 5.10 Å². The fraction of sp³-hybridized carbons (Fsp3) is 0.812. The molecule has 0 spiro atoms. The van der Waals surface area contributed by atoms with Crippen LogP contribution in [-0.2, 0) is 13.0 Å². The number of nitrogens with zero attached hydrogens (tertiary/aromatic N) is 4. The predicted molar refractivity (Wildman–Crippen MR) is 87.7 cm³/mol. The summed E-state index contributed by atoms with van der Waals surface area (Å²) < 4.78 is 2.14. The zero-order valence-electron chi connectivity index (χ0n) is 14.3. The van der Waals surface area contributed by atoms with Crippen LogP contribution in [0.5, 0.6) is 0 Å². The Morgan fingerprint density at radius 2 is 2.14 bits per heavy atom. The normalized spacial score (nSPS) is 22.6. The van der Waals surface area contributed by atoms with Gasteiger partial charge in [0.15, 0.2) is 0 Å². The highest BCUT2D eigenvalue weighted by Gasteiger charge is 2.25. The van der Waals surface area contributed by atoms with Crippen LogP contribution in [0.15, 0.2) is 6.07 Å². The lowest BCUT2D eigenvalue weighted by Gasteiger charge is -2.39. The van der Waals surface area contributed by atoms with Crippen LogP contribution in [0.25, 0.3) is 0 Å². The zero-order valence-corrected chi connectivity index (χ0v) is 14.3. The highest BCUT2D eigenvalue weighted by atomic mass is 15.3. The molecule has 1 N–H and O–H groups in total. The van der Waals surface area contributed by atoms with Crippen molar-refractivity contribution in [3.8, 4) is 0 Å². The molecule has 0 amide bonds. The molecule has 2 heterocycles. The van der Waals surface area contributed by atoms with E-state index >= 15 is 0 Å². The third-order valence-corrected chi connectivity index (χ3v) is 4.69. The van der Waals surface area contributed by atoms with E-state index in [4.69, 9.17) is 0 Å². The van der Waals surface area contributed by atoms with E-state index in [2.05, 4.69) is 66.0 Å². The fourth-order valence-corrected chi connectivity index (χ4v) is 3.28. The molecular weight excluding hydrogens is 262 g/mol. The van der Waals surface area contributed by atoms with Gasteiger partial charge < -0.3 is 15.1 Å². The van der Waals surface area contributed by atoms with E-state index < -0.39 is 0 Å². The molecule has 2 atom stereocenters. The number of aryl methyl sites for hydroxylation is 2. The number of piperazine rings is 1. The summed E-state index contributed by atoms with van der Waals surface area (Å²) in [6.45, 7) is 8.71. The monoisotopic (exact) mass is 293 g/mol. The van der Waals surface area contributed by atoms with Gasteiger partial charge in [0.25, 0.3) is 0 Å². The summed E-state index contributed by atoms with van der Waals surface area (Å²) in [7, 11) is 6.56. The highest BCUT2D eigenvalue weighted by molar-refractivity contribution is 5.10. The summed E-state index contributed by atoms with van der Waals surface area (Å²) in [5, 5.41) is 8.07. The molecule has 1 aromatic heterocycles. The SMILES string of the molecule is CCn1nc(C)cc1CC(CC1CN(C)CCN1C)NC. The Labute approximate surface area is 129 Å². The van der Waals surface area contributed by atoms with E-state index in [1.165, 1.54) is 31.7 Å². The van der Waals surface area contributed by atoms with Crippen LogP contribution in [0.1, 0.15) is 24.7 Å². The lowest BCUT2D eigenvalue weighted by Crippen LogP contribution is -2.52. The quantitative estimate of drug-likeness (QED) is 0.848. The molecule has 0 saturated carbocycles. The van der Waals surface area contributed by atoms with E-state index in [0.717, 1.165) is 18.7 Å². The largest absolute Gasteiger partial charge is 0.317 e. The first kappa shape index (κ1) is 16.5. The minimum absolute atomic E-state index is 0.505. The second kappa shape index (κ2) is 7.38.